The van der Waals surface area contributed by atoms with Crippen molar-refractivity contribution in [2.75, 3.05) is 19.7 Å². The first-order valence-corrected chi connectivity index (χ1v) is 9.51. The second-order valence-corrected chi connectivity index (χ2v) is 7.07. The van der Waals surface area contributed by atoms with Gasteiger partial charge in [0.25, 0.3) is 0 Å². The number of benzene rings is 1. The van der Waals surface area contributed by atoms with Crippen LogP contribution < -0.4 is 5.32 Å². The summed E-state index contributed by atoms with van der Waals surface area (Å²) in [4.78, 5) is 37.9. The fourth-order valence-electron chi connectivity index (χ4n) is 3.70. The van der Waals surface area contributed by atoms with E-state index in [9.17, 15) is 14.4 Å². The van der Waals surface area contributed by atoms with E-state index < -0.39 is 12.0 Å². The van der Waals surface area contributed by atoms with E-state index in [-0.39, 0.29) is 30.4 Å². The van der Waals surface area contributed by atoms with Crippen LogP contribution in [0.2, 0.25) is 0 Å². The first kappa shape index (κ1) is 19.2. The lowest BCUT2D eigenvalue weighted by Gasteiger charge is -2.39. The van der Waals surface area contributed by atoms with Crippen molar-refractivity contribution >= 4 is 18.0 Å². The maximum absolute atomic E-state index is 12.3. The number of hydrogen-bond donors (Lipinski definition) is 1. The Morgan fingerprint density at radius 2 is 2.00 bits per heavy atom. The lowest BCUT2D eigenvalue weighted by molar-refractivity contribution is -0.159. The molecule has 27 heavy (non-hydrogen) atoms. The average molecular weight is 374 g/mol. The summed E-state index contributed by atoms with van der Waals surface area (Å²) in [5.74, 6) is -0.726. The van der Waals surface area contributed by atoms with Crippen molar-refractivity contribution in [3.63, 3.8) is 0 Å². The number of piperidine rings is 1. The van der Waals surface area contributed by atoms with Gasteiger partial charge in [-0.2, -0.15) is 0 Å². The van der Waals surface area contributed by atoms with Gasteiger partial charge in [-0.15, -0.1) is 0 Å². The number of ether oxygens (including phenoxy) is 2. The van der Waals surface area contributed by atoms with E-state index in [1.807, 2.05) is 30.3 Å². The third-order valence-corrected chi connectivity index (χ3v) is 5.15. The summed E-state index contributed by atoms with van der Waals surface area (Å²) in [7, 11) is 0. The highest BCUT2D eigenvalue weighted by Crippen LogP contribution is 2.30. The predicted molar refractivity (Wildman–Crippen MR) is 97.6 cm³/mol. The number of nitrogens with one attached hydrogen (secondary N) is 1. The average Bonchev–Trinajstić information content (AvgIpc) is 2.69. The minimum Gasteiger partial charge on any atom is -0.459 e. The van der Waals surface area contributed by atoms with Gasteiger partial charge in [-0.1, -0.05) is 30.3 Å². The fraction of sp³-hybridized carbons (Fsp3) is 0.550. The third-order valence-electron chi connectivity index (χ3n) is 5.15. The number of esters is 1. The monoisotopic (exact) mass is 374 g/mol. The fourth-order valence-corrected chi connectivity index (χ4v) is 3.70. The van der Waals surface area contributed by atoms with E-state index in [1.54, 1.807) is 11.8 Å². The van der Waals surface area contributed by atoms with Crippen LogP contribution in [0.3, 0.4) is 0 Å². The summed E-state index contributed by atoms with van der Waals surface area (Å²) in [5, 5.41) is 2.65. The van der Waals surface area contributed by atoms with Crippen LogP contribution in [0.15, 0.2) is 30.3 Å². The van der Waals surface area contributed by atoms with E-state index in [0.717, 1.165) is 18.4 Å². The van der Waals surface area contributed by atoms with Gasteiger partial charge in [0.1, 0.15) is 12.6 Å². The maximum Gasteiger partial charge on any atom is 0.409 e. The van der Waals surface area contributed by atoms with E-state index >= 15 is 0 Å². The lowest BCUT2D eigenvalue weighted by atomic mass is 9.80. The molecule has 0 spiro atoms. The summed E-state index contributed by atoms with van der Waals surface area (Å²) in [6.45, 7) is 3.56. The van der Waals surface area contributed by atoms with Crippen molar-refractivity contribution in [3.8, 4) is 0 Å². The molecule has 0 bridgehead atoms. The second-order valence-electron chi connectivity index (χ2n) is 7.07. The second kappa shape index (κ2) is 8.88. The Bertz CT molecular complexity index is 678. The molecule has 1 aromatic rings. The van der Waals surface area contributed by atoms with Gasteiger partial charge in [-0.25, -0.2) is 9.59 Å². The van der Waals surface area contributed by atoms with E-state index in [2.05, 4.69) is 5.32 Å². The van der Waals surface area contributed by atoms with Crippen LogP contribution in [0, 0.1) is 11.8 Å². The molecule has 0 radical (unpaired) electrons. The summed E-state index contributed by atoms with van der Waals surface area (Å²) < 4.78 is 10.4. The van der Waals surface area contributed by atoms with Crippen molar-refractivity contribution in [1.29, 1.82) is 0 Å². The molecule has 3 rings (SSSR count). The molecule has 2 heterocycles. The van der Waals surface area contributed by atoms with E-state index in [4.69, 9.17) is 9.47 Å². The van der Waals surface area contributed by atoms with Crippen molar-refractivity contribution < 1.29 is 23.9 Å². The lowest BCUT2D eigenvalue weighted by Crippen LogP contribution is -2.63. The van der Waals surface area contributed by atoms with Gasteiger partial charge in [0, 0.05) is 13.1 Å². The molecule has 2 aliphatic rings. The summed E-state index contributed by atoms with van der Waals surface area (Å²) in [5.41, 5.74) is 0.908. The predicted octanol–water partition coefficient (Wildman–Crippen LogP) is 2.10. The highest BCUT2D eigenvalue weighted by Gasteiger charge is 2.46. The third kappa shape index (κ3) is 4.78. The van der Waals surface area contributed by atoms with Crippen molar-refractivity contribution in [2.45, 2.75) is 38.8 Å². The largest absolute Gasteiger partial charge is 0.459 e. The van der Waals surface area contributed by atoms with Crippen molar-refractivity contribution in [2.24, 2.45) is 11.8 Å². The highest BCUT2D eigenvalue weighted by atomic mass is 16.6. The summed E-state index contributed by atoms with van der Waals surface area (Å²) in [6.07, 6.45) is 2.08. The van der Waals surface area contributed by atoms with Crippen LogP contribution in [-0.4, -0.2) is 48.6 Å². The Balaban J connectivity index is 1.50. The molecule has 2 amide bonds. The van der Waals surface area contributed by atoms with Gasteiger partial charge in [0.05, 0.1) is 12.5 Å². The molecule has 0 aliphatic carbocycles. The number of β-lactam (4-membered cyclic amide) rings is 1. The smallest absolute Gasteiger partial charge is 0.409 e. The zero-order valence-electron chi connectivity index (χ0n) is 15.6. The molecule has 3 unspecified atom stereocenters. The Morgan fingerprint density at radius 1 is 1.22 bits per heavy atom. The van der Waals surface area contributed by atoms with Crippen molar-refractivity contribution in [3.05, 3.63) is 35.9 Å². The van der Waals surface area contributed by atoms with Gasteiger partial charge in [0.15, 0.2) is 0 Å². The highest BCUT2D eigenvalue weighted by molar-refractivity contribution is 5.97. The first-order chi connectivity index (χ1) is 13.1. The molecule has 2 aliphatic heterocycles. The molecular weight excluding hydrogens is 348 g/mol. The number of amides is 2. The van der Waals surface area contributed by atoms with Gasteiger partial charge < -0.3 is 19.7 Å². The van der Waals surface area contributed by atoms with Crippen LogP contribution in [0.4, 0.5) is 4.79 Å². The van der Waals surface area contributed by atoms with Crippen LogP contribution in [0.1, 0.15) is 31.7 Å². The van der Waals surface area contributed by atoms with E-state index in [0.29, 0.717) is 26.1 Å². The minimum atomic E-state index is -0.598. The van der Waals surface area contributed by atoms with Crippen LogP contribution in [-0.2, 0) is 25.7 Å². The minimum absolute atomic E-state index is 0.120. The molecular formula is C20H26N2O5. The van der Waals surface area contributed by atoms with Crippen LogP contribution >= 0.6 is 0 Å². The van der Waals surface area contributed by atoms with Gasteiger partial charge >= 0.3 is 12.1 Å². The topological polar surface area (TPSA) is 84.9 Å². The molecule has 146 valence electrons. The number of rotatable bonds is 6. The van der Waals surface area contributed by atoms with Gasteiger partial charge in [-0.05, 0) is 37.7 Å². The zero-order chi connectivity index (χ0) is 19.2. The molecule has 7 nitrogen and oxygen atoms in total. The maximum atomic E-state index is 12.3. The normalized spacial score (nSPS) is 24.6. The van der Waals surface area contributed by atoms with Crippen LogP contribution in [0.25, 0.3) is 0 Å². The number of nitrogens with zero attached hydrogens (tertiary/aromatic N) is 1. The Morgan fingerprint density at radius 3 is 2.70 bits per heavy atom. The molecule has 0 saturated carbocycles. The molecule has 0 aromatic heterocycles. The quantitative estimate of drug-likeness (QED) is 0.609. The first-order valence-electron chi connectivity index (χ1n) is 9.51. The number of carbonyl (C=O) groups is 3. The number of carbonyl (C=O) groups excluding carboxylic acids is 3. The Labute approximate surface area is 159 Å². The molecule has 2 saturated heterocycles. The number of likely N-dealkylation sites (tertiary alicyclic amines) is 1. The van der Waals surface area contributed by atoms with Crippen molar-refractivity contribution in [1.82, 2.24) is 10.2 Å². The number of hydrogen-bond acceptors (Lipinski definition) is 5. The molecule has 3 atom stereocenters. The zero-order valence-corrected chi connectivity index (χ0v) is 15.6. The Hall–Kier alpha value is -2.57. The molecule has 7 heteroatoms. The summed E-state index contributed by atoms with van der Waals surface area (Å²) >= 11 is 0. The summed E-state index contributed by atoms with van der Waals surface area (Å²) in [6, 6.07) is 8.84. The van der Waals surface area contributed by atoms with E-state index in [1.165, 1.54) is 0 Å². The molecule has 2 fully saturated rings. The van der Waals surface area contributed by atoms with Crippen LogP contribution in [0.5, 0.6) is 0 Å². The van der Waals surface area contributed by atoms with Gasteiger partial charge in [0.2, 0.25) is 5.91 Å². The van der Waals surface area contributed by atoms with Gasteiger partial charge in [-0.3, -0.25) is 4.79 Å². The standard InChI is InChI=1S/C20H26N2O5/c1-2-26-20(25)22-10-6-9-15(12-22)11-16-17(21-18(16)23)19(24)27-13-14-7-4-3-5-8-14/h3-5,7-8,15-17H,2,6,9-13H2,1H3,(H,21,23). The Kier molecular flexibility index (Phi) is 6.32. The molecule has 1 N–H and O–H groups in total. The molecule has 1 aromatic carbocycles. The SMILES string of the molecule is CCOC(=O)N1CCCC(CC2C(=O)NC2C(=O)OCc2ccccc2)C1.